The minimum absolute atomic E-state index is 0.498. The predicted octanol–water partition coefficient (Wildman–Crippen LogP) is 1.31. The van der Waals surface area contributed by atoms with Crippen LogP contribution in [0.2, 0.25) is 0 Å². The summed E-state index contributed by atoms with van der Waals surface area (Å²) in [6, 6.07) is 6.91. The molecule has 4 nitrogen and oxygen atoms in total. The third kappa shape index (κ3) is 2.74. The third-order valence-electron chi connectivity index (χ3n) is 2.40. The van der Waals surface area contributed by atoms with Crippen LogP contribution in [0.15, 0.2) is 24.3 Å². The van der Waals surface area contributed by atoms with E-state index in [9.17, 15) is 13.5 Å². The molecule has 0 aromatic heterocycles. The number of aliphatic hydroxyl groups is 1. The SMILES string of the molecule is CN(c1ccccc1C(C)(C)O)S(C)(=O)=O. The Morgan fingerprint density at radius 3 is 2.19 bits per heavy atom. The molecule has 0 atom stereocenters. The molecule has 0 aliphatic heterocycles. The van der Waals surface area contributed by atoms with Gasteiger partial charge in [0.15, 0.2) is 0 Å². The van der Waals surface area contributed by atoms with E-state index in [1.807, 2.05) is 0 Å². The molecule has 1 aromatic rings. The van der Waals surface area contributed by atoms with Gasteiger partial charge >= 0.3 is 0 Å². The lowest BCUT2D eigenvalue weighted by molar-refractivity contribution is 0.0792. The van der Waals surface area contributed by atoms with Crippen LogP contribution in [0.4, 0.5) is 5.69 Å². The summed E-state index contributed by atoms with van der Waals surface area (Å²) in [5, 5.41) is 9.96. The van der Waals surface area contributed by atoms with E-state index < -0.39 is 15.6 Å². The molecule has 1 rings (SSSR count). The van der Waals surface area contributed by atoms with Gasteiger partial charge < -0.3 is 5.11 Å². The van der Waals surface area contributed by atoms with Crippen LogP contribution in [0, 0.1) is 0 Å². The van der Waals surface area contributed by atoms with Gasteiger partial charge in [0, 0.05) is 12.6 Å². The summed E-state index contributed by atoms with van der Waals surface area (Å²) < 4.78 is 24.1. The Hall–Kier alpha value is -1.07. The van der Waals surface area contributed by atoms with Crippen LogP contribution in [0.5, 0.6) is 0 Å². The van der Waals surface area contributed by atoms with Crippen LogP contribution in [0.1, 0.15) is 19.4 Å². The zero-order valence-corrected chi connectivity index (χ0v) is 10.7. The van der Waals surface area contributed by atoms with E-state index in [1.54, 1.807) is 38.1 Å². The van der Waals surface area contributed by atoms with Crippen molar-refractivity contribution in [2.75, 3.05) is 17.6 Å². The quantitative estimate of drug-likeness (QED) is 0.870. The van der Waals surface area contributed by atoms with Gasteiger partial charge in [-0.3, -0.25) is 4.31 Å². The standard InChI is InChI=1S/C11H17NO3S/c1-11(2,13)9-7-5-6-8-10(9)12(3)16(4,14)15/h5-8,13H,1-4H3. The van der Waals surface area contributed by atoms with Crippen LogP contribution >= 0.6 is 0 Å². The van der Waals surface area contributed by atoms with E-state index >= 15 is 0 Å². The number of hydrogen-bond donors (Lipinski definition) is 1. The van der Waals surface area contributed by atoms with Gasteiger partial charge in [0.05, 0.1) is 17.5 Å². The van der Waals surface area contributed by atoms with Gasteiger partial charge in [-0.05, 0) is 19.9 Å². The molecule has 0 aliphatic rings. The average molecular weight is 243 g/mol. The van der Waals surface area contributed by atoms with Gasteiger partial charge in [0.1, 0.15) is 0 Å². The molecule has 16 heavy (non-hydrogen) atoms. The Morgan fingerprint density at radius 1 is 1.25 bits per heavy atom. The van der Waals surface area contributed by atoms with Gasteiger partial charge in [-0.1, -0.05) is 18.2 Å². The minimum atomic E-state index is -3.32. The molecule has 0 heterocycles. The van der Waals surface area contributed by atoms with E-state index in [0.29, 0.717) is 11.3 Å². The van der Waals surface area contributed by atoms with E-state index in [0.717, 1.165) is 6.26 Å². The zero-order chi connectivity index (χ0) is 12.6. The van der Waals surface area contributed by atoms with E-state index in [-0.39, 0.29) is 0 Å². The number of rotatable bonds is 3. The molecular formula is C11H17NO3S. The zero-order valence-electron chi connectivity index (χ0n) is 9.93. The minimum Gasteiger partial charge on any atom is -0.386 e. The molecule has 1 N–H and O–H groups in total. The van der Waals surface area contributed by atoms with E-state index in [1.165, 1.54) is 11.4 Å². The average Bonchev–Trinajstić information content (AvgIpc) is 2.14. The van der Waals surface area contributed by atoms with Crippen molar-refractivity contribution in [3.63, 3.8) is 0 Å². The van der Waals surface area contributed by atoms with Crippen molar-refractivity contribution in [1.82, 2.24) is 0 Å². The Labute approximate surface area is 96.6 Å². The molecule has 5 heteroatoms. The highest BCUT2D eigenvalue weighted by Crippen LogP contribution is 2.30. The van der Waals surface area contributed by atoms with Crippen LogP contribution in [-0.2, 0) is 15.6 Å². The molecule has 0 radical (unpaired) electrons. The molecule has 0 aliphatic carbocycles. The molecule has 0 bridgehead atoms. The fourth-order valence-corrected chi connectivity index (χ4v) is 1.96. The maximum atomic E-state index is 11.5. The molecule has 90 valence electrons. The molecule has 0 amide bonds. The lowest BCUT2D eigenvalue weighted by Gasteiger charge is -2.26. The Bertz CT molecular complexity index is 474. The summed E-state index contributed by atoms with van der Waals surface area (Å²) in [5.74, 6) is 0. The first-order chi connectivity index (χ1) is 7.14. The van der Waals surface area contributed by atoms with Crippen LogP contribution < -0.4 is 4.31 Å². The van der Waals surface area contributed by atoms with Crippen molar-refractivity contribution in [2.45, 2.75) is 19.4 Å². The molecule has 0 spiro atoms. The predicted molar refractivity (Wildman–Crippen MR) is 64.9 cm³/mol. The van der Waals surface area contributed by atoms with E-state index in [4.69, 9.17) is 0 Å². The highest BCUT2D eigenvalue weighted by molar-refractivity contribution is 7.92. The fraction of sp³-hybridized carbons (Fsp3) is 0.455. The lowest BCUT2D eigenvalue weighted by atomic mass is 9.96. The Kier molecular flexibility index (Phi) is 3.30. The fourth-order valence-electron chi connectivity index (χ4n) is 1.44. The van der Waals surface area contributed by atoms with Gasteiger partial charge in [-0.2, -0.15) is 0 Å². The first kappa shape index (κ1) is 13.0. The molecule has 0 unspecified atom stereocenters. The Morgan fingerprint density at radius 2 is 1.75 bits per heavy atom. The topological polar surface area (TPSA) is 57.6 Å². The third-order valence-corrected chi connectivity index (χ3v) is 3.59. The maximum Gasteiger partial charge on any atom is 0.232 e. The molecular weight excluding hydrogens is 226 g/mol. The van der Waals surface area contributed by atoms with Gasteiger partial charge in [0.25, 0.3) is 0 Å². The first-order valence-corrected chi connectivity index (χ1v) is 6.74. The van der Waals surface area contributed by atoms with Gasteiger partial charge in [-0.15, -0.1) is 0 Å². The molecule has 0 fully saturated rings. The van der Waals surface area contributed by atoms with Crippen LogP contribution in [0.3, 0.4) is 0 Å². The number of anilines is 1. The van der Waals surface area contributed by atoms with Crippen molar-refractivity contribution in [1.29, 1.82) is 0 Å². The number of benzene rings is 1. The second-order valence-corrected chi connectivity index (χ2v) is 6.32. The summed E-state index contributed by atoms with van der Waals surface area (Å²) in [6.07, 6.45) is 1.13. The Balaban J connectivity index is 3.36. The van der Waals surface area contributed by atoms with Crippen molar-refractivity contribution in [3.05, 3.63) is 29.8 Å². The highest BCUT2D eigenvalue weighted by atomic mass is 32.2. The summed E-state index contributed by atoms with van der Waals surface area (Å²) >= 11 is 0. The van der Waals surface area contributed by atoms with Crippen LogP contribution in [-0.4, -0.2) is 26.8 Å². The maximum absolute atomic E-state index is 11.5. The summed E-state index contributed by atoms with van der Waals surface area (Å²) in [5.41, 5.74) is 0.00986. The highest BCUT2D eigenvalue weighted by Gasteiger charge is 2.24. The summed E-state index contributed by atoms with van der Waals surface area (Å²) in [6.45, 7) is 3.25. The lowest BCUT2D eigenvalue weighted by Crippen LogP contribution is -2.28. The number of nitrogens with zero attached hydrogens (tertiary/aromatic N) is 1. The number of sulfonamides is 1. The summed E-state index contributed by atoms with van der Waals surface area (Å²) in [4.78, 5) is 0. The number of hydrogen-bond acceptors (Lipinski definition) is 3. The molecule has 0 saturated heterocycles. The first-order valence-electron chi connectivity index (χ1n) is 4.90. The van der Waals surface area contributed by atoms with Crippen molar-refractivity contribution in [2.24, 2.45) is 0 Å². The largest absolute Gasteiger partial charge is 0.386 e. The smallest absolute Gasteiger partial charge is 0.232 e. The van der Waals surface area contributed by atoms with Gasteiger partial charge in [0.2, 0.25) is 10.0 Å². The summed E-state index contributed by atoms with van der Waals surface area (Å²) in [7, 11) is -1.84. The second kappa shape index (κ2) is 4.07. The van der Waals surface area contributed by atoms with Crippen molar-refractivity contribution in [3.8, 4) is 0 Å². The molecule has 1 aromatic carbocycles. The normalized spacial score (nSPS) is 12.6. The van der Waals surface area contributed by atoms with Gasteiger partial charge in [-0.25, -0.2) is 8.42 Å². The van der Waals surface area contributed by atoms with Crippen molar-refractivity contribution < 1.29 is 13.5 Å². The van der Waals surface area contributed by atoms with Crippen molar-refractivity contribution >= 4 is 15.7 Å². The second-order valence-electron chi connectivity index (χ2n) is 4.31. The number of para-hydroxylation sites is 1. The molecule has 0 saturated carbocycles. The monoisotopic (exact) mass is 243 g/mol. The van der Waals surface area contributed by atoms with Crippen LogP contribution in [0.25, 0.3) is 0 Å². The van der Waals surface area contributed by atoms with E-state index in [2.05, 4.69) is 0 Å².